The van der Waals surface area contributed by atoms with Crippen LogP contribution >= 0.6 is 0 Å². The van der Waals surface area contributed by atoms with Crippen LogP contribution in [0.5, 0.6) is 0 Å². The normalized spacial score (nSPS) is 20.3. The van der Waals surface area contributed by atoms with Gasteiger partial charge in [0.15, 0.2) is 0 Å². The van der Waals surface area contributed by atoms with E-state index in [9.17, 15) is 9.90 Å². The van der Waals surface area contributed by atoms with Crippen molar-refractivity contribution in [2.75, 3.05) is 33.3 Å². The van der Waals surface area contributed by atoms with Gasteiger partial charge in [0.05, 0.1) is 12.6 Å². The molecule has 1 atom stereocenters. The summed E-state index contributed by atoms with van der Waals surface area (Å²) in [5.74, 6) is -0.0314. The highest BCUT2D eigenvalue weighted by molar-refractivity contribution is 5.82. The van der Waals surface area contributed by atoms with E-state index in [0.29, 0.717) is 6.54 Å². The number of aliphatic hydroxyl groups excluding tert-OH is 1. The van der Waals surface area contributed by atoms with E-state index in [0.717, 1.165) is 25.9 Å². The fourth-order valence-corrected chi connectivity index (χ4v) is 2.44. The molecule has 0 bridgehead atoms. The first-order valence-electron chi connectivity index (χ1n) is 7.13. The zero-order chi connectivity index (χ0) is 14.6. The number of aliphatic hydroxyl groups is 1. The molecule has 0 aliphatic carbocycles. The van der Waals surface area contributed by atoms with Crippen LogP contribution in [-0.4, -0.2) is 66.2 Å². The molecule has 0 unspecified atom stereocenters. The second-order valence-corrected chi connectivity index (χ2v) is 6.63. The van der Waals surface area contributed by atoms with E-state index in [4.69, 9.17) is 5.73 Å². The van der Waals surface area contributed by atoms with E-state index in [1.807, 2.05) is 20.8 Å². The average Bonchev–Trinajstić information content (AvgIpc) is 2.34. The van der Waals surface area contributed by atoms with Gasteiger partial charge in [-0.3, -0.25) is 4.79 Å². The predicted molar refractivity (Wildman–Crippen MR) is 76.7 cm³/mol. The summed E-state index contributed by atoms with van der Waals surface area (Å²) in [6, 6.07) is -0.303. The number of hydrogen-bond acceptors (Lipinski definition) is 4. The lowest BCUT2D eigenvalue weighted by Crippen LogP contribution is -2.56. The lowest BCUT2D eigenvalue weighted by Gasteiger charge is -2.40. The van der Waals surface area contributed by atoms with Gasteiger partial charge in [-0.2, -0.15) is 0 Å². The summed E-state index contributed by atoms with van der Waals surface area (Å²) in [5.41, 5.74) is 5.82. The van der Waals surface area contributed by atoms with Gasteiger partial charge in [0, 0.05) is 12.6 Å². The second kappa shape index (κ2) is 6.68. The number of carbonyl (C=O) groups excluding carboxylic acids is 1. The molecule has 19 heavy (non-hydrogen) atoms. The summed E-state index contributed by atoms with van der Waals surface area (Å²) >= 11 is 0. The molecule has 5 nitrogen and oxygen atoms in total. The fraction of sp³-hybridized carbons (Fsp3) is 0.929. The first-order valence-corrected chi connectivity index (χ1v) is 7.13. The first kappa shape index (κ1) is 16.4. The minimum Gasteiger partial charge on any atom is -0.395 e. The molecule has 0 aromatic heterocycles. The third-order valence-corrected chi connectivity index (χ3v) is 3.95. The Morgan fingerprint density at radius 1 is 1.42 bits per heavy atom. The predicted octanol–water partition coefficient (Wildman–Crippen LogP) is 0.275. The van der Waals surface area contributed by atoms with E-state index < -0.39 is 6.04 Å². The molecule has 0 aromatic rings. The van der Waals surface area contributed by atoms with Gasteiger partial charge < -0.3 is 20.6 Å². The maximum absolute atomic E-state index is 12.5. The highest BCUT2D eigenvalue weighted by Gasteiger charge is 2.34. The molecule has 1 aliphatic rings. The highest BCUT2D eigenvalue weighted by Crippen LogP contribution is 2.22. The van der Waals surface area contributed by atoms with Crippen LogP contribution in [0.4, 0.5) is 0 Å². The smallest absolute Gasteiger partial charge is 0.240 e. The van der Waals surface area contributed by atoms with Crippen LogP contribution < -0.4 is 5.73 Å². The van der Waals surface area contributed by atoms with Gasteiger partial charge in [-0.1, -0.05) is 20.8 Å². The van der Waals surface area contributed by atoms with Gasteiger partial charge in [-0.15, -0.1) is 0 Å². The maximum Gasteiger partial charge on any atom is 0.240 e. The summed E-state index contributed by atoms with van der Waals surface area (Å²) in [4.78, 5) is 16.6. The number of hydrogen-bond donors (Lipinski definition) is 2. The van der Waals surface area contributed by atoms with Crippen molar-refractivity contribution in [2.45, 2.75) is 45.7 Å². The van der Waals surface area contributed by atoms with Gasteiger partial charge in [0.2, 0.25) is 5.91 Å². The van der Waals surface area contributed by atoms with Crippen LogP contribution in [0.3, 0.4) is 0 Å². The van der Waals surface area contributed by atoms with Gasteiger partial charge in [0.1, 0.15) is 0 Å². The number of likely N-dealkylation sites (tertiary alicyclic amines) is 1. The van der Waals surface area contributed by atoms with E-state index in [1.165, 1.54) is 0 Å². The lowest BCUT2D eigenvalue weighted by atomic mass is 9.86. The fourth-order valence-electron chi connectivity index (χ4n) is 2.44. The molecule has 0 saturated carbocycles. The van der Waals surface area contributed by atoms with Crippen molar-refractivity contribution in [3.63, 3.8) is 0 Å². The minimum atomic E-state index is -0.515. The second-order valence-electron chi connectivity index (χ2n) is 6.63. The molecule has 0 spiro atoms. The van der Waals surface area contributed by atoms with Crippen molar-refractivity contribution in [2.24, 2.45) is 11.1 Å². The summed E-state index contributed by atoms with van der Waals surface area (Å²) in [6.07, 6.45) is 1.91. The molecule has 5 heteroatoms. The van der Waals surface area contributed by atoms with Crippen LogP contribution in [0.2, 0.25) is 0 Å². The Morgan fingerprint density at radius 3 is 2.37 bits per heavy atom. The number of carbonyl (C=O) groups is 1. The number of nitrogens with zero attached hydrogens (tertiary/aromatic N) is 2. The molecule has 1 amide bonds. The van der Waals surface area contributed by atoms with Crippen LogP contribution in [0.1, 0.15) is 33.6 Å². The molecule has 0 radical (unpaired) electrons. The lowest BCUT2D eigenvalue weighted by molar-refractivity contribution is -0.139. The molecule has 1 heterocycles. The Hall–Kier alpha value is -0.650. The average molecular weight is 271 g/mol. The third kappa shape index (κ3) is 4.44. The maximum atomic E-state index is 12.5. The quantitative estimate of drug-likeness (QED) is 0.770. The number of rotatable bonds is 4. The van der Waals surface area contributed by atoms with Crippen molar-refractivity contribution in [3.05, 3.63) is 0 Å². The zero-order valence-electron chi connectivity index (χ0n) is 12.7. The van der Waals surface area contributed by atoms with Crippen LogP contribution in [0.25, 0.3) is 0 Å². The Labute approximate surface area is 116 Å². The Balaban J connectivity index is 2.74. The minimum absolute atomic E-state index is 0.00502. The summed E-state index contributed by atoms with van der Waals surface area (Å²) in [5, 5.41) is 9.21. The van der Waals surface area contributed by atoms with Crippen molar-refractivity contribution < 1.29 is 9.90 Å². The SMILES string of the molecule is CN1CCC(N(CCO)C(=O)[C@@H](N)C(C)(C)C)CC1. The van der Waals surface area contributed by atoms with Crippen LogP contribution in [0, 0.1) is 5.41 Å². The molecule has 1 fully saturated rings. The Bertz CT molecular complexity index is 294. The number of nitrogens with two attached hydrogens (primary N) is 1. The first-order chi connectivity index (χ1) is 8.77. The van der Waals surface area contributed by atoms with Crippen molar-refractivity contribution in [1.82, 2.24) is 9.80 Å². The highest BCUT2D eigenvalue weighted by atomic mass is 16.3. The van der Waals surface area contributed by atoms with Gasteiger partial charge in [0.25, 0.3) is 0 Å². The number of piperidine rings is 1. The van der Waals surface area contributed by atoms with Crippen molar-refractivity contribution in [1.29, 1.82) is 0 Å². The third-order valence-electron chi connectivity index (χ3n) is 3.95. The van der Waals surface area contributed by atoms with E-state index >= 15 is 0 Å². The van der Waals surface area contributed by atoms with Crippen LogP contribution in [0.15, 0.2) is 0 Å². The van der Waals surface area contributed by atoms with Gasteiger partial charge in [-0.25, -0.2) is 0 Å². The van der Waals surface area contributed by atoms with E-state index in [-0.39, 0.29) is 24.0 Å². The van der Waals surface area contributed by atoms with Crippen molar-refractivity contribution in [3.8, 4) is 0 Å². The summed E-state index contributed by atoms with van der Waals surface area (Å²) in [7, 11) is 2.09. The molecule has 1 saturated heterocycles. The zero-order valence-corrected chi connectivity index (χ0v) is 12.7. The molecule has 112 valence electrons. The molecule has 0 aromatic carbocycles. The number of amides is 1. The van der Waals surface area contributed by atoms with Crippen molar-refractivity contribution >= 4 is 5.91 Å². The van der Waals surface area contributed by atoms with E-state index in [1.54, 1.807) is 4.90 Å². The topological polar surface area (TPSA) is 69.8 Å². The summed E-state index contributed by atoms with van der Waals surface area (Å²) < 4.78 is 0. The monoisotopic (exact) mass is 271 g/mol. The molecule has 1 aliphatic heterocycles. The molecular weight excluding hydrogens is 242 g/mol. The standard InChI is InChI=1S/C14H29N3O2/c1-14(2,3)12(15)13(19)17(9-10-18)11-5-7-16(4)8-6-11/h11-12,18H,5-10,15H2,1-4H3/t12-/m1/s1. The summed E-state index contributed by atoms with van der Waals surface area (Å²) in [6.45, 7) is 8.28. The molecule has 1 rings (SSSR count). The molecular formula is C14H29N3O2. The van der Waals surface area contributed by atoms with Crippen LogP contribution in [-0.2, 0) is 4.79 Å². The Morgan fingerprint density at radius 2 is 1.95 bits per heavy atom. The van der Waals surface area contributed by atoms with Gasteiger partial charge >= 0.3 is 0 Å². The Kier molecular flexibility index (Phi) is 5.77. The van der Waals surface area contributed by atoms with E-state index in [2.05, 4.69) is 11.9 Å². The van der Waals surface area contributed by atoms with Gasteiger partial charge in [-0.05, 0) is 38.4 Å². The molecule has 3 N–H and O–H groups in total. The largest absolute Gasteiger partial charge is 0.395 e.